The van der Waals surface area contributed by atoms with Gasteiger partial charge in [0.2, 0.25) is 0 Å². The van der Waals surface area contributed by atoms with Gasteiger partial charge in [0.05, 0.1) is 11.0 Å². The Kier molecular flexibility index (Phi) is 5.58. The van der Waals surface area contributed by atoms with Crippen LogP contribution < -0.4 is 0 Å². The Bertz CT molecular complexity index is 667. The Morgan fingerprint density at radius 3 is 2.78 bits per heavy atom. The quantitative estimate of drug-likeness (QED) is 0.805. The predicted molar refractivity (Wildman–Crippen MR) is 90.6 cm³/mol. The van der Waals surface area contributed by atoms with E-state index < -0.39 is 26.8 Å². The minimum atomic E-state index is -3.37. The fourth-order valence-electron chi connectivity index (χ4n) is 2.39. The summed E-state index contributed by atoms with van der Waals surface area (Å²) in [6.45, 7) is 6.06. The normalized spacial score (nSPS) is 19.7. The summed E-state index contributed by atoms with van der Waals surface area (Å²) < 4.78 is 30.8. The van der Waals surface area contributed by atoms with E-state index in [0.717, 1.165) is 11.3 Å². The lowest BCUT2D eigenvalue weighted by Crippen LogP contribution is -2.47. The van der Waals surface area contributed by atoms with Crippen molar-refractivity contribution >= 4 is 38.9 Å². The molecule has 1 aromatic heterocycles. The number of halogens is 1. The van der Waals surface area contributed by atoms with Gasteiger partial charge in [0.1, 0.15) is 5.60 Å². The number of ether oxygens (including phenoxy) is 1. The van der Waals surface area contributed by atoms with Crippen LogP contribution in [0.1, 0.15) is 38.5 Å². The van der Waals surface area contributed by atoms with E-state index in [1.807, 2.05) is 0 Å². The number of hydrogen-bond acceptors (Lipinski definition) is 6. The zero-order valence-corrected chi connectivity index (χ0v) is 15.8. The third-order valence-corrected chi connectivity index (χ3v) is 6.82. The Morgan fingerprint density at radius 1 is 1.52 bits per heavy atom. The molecule has 1 aliphatic rings. The molecule has 1 atom stereocenters. The van der Waals surface area contributed by atoms with Crippen LogP contribution in [-0.2, 0) is 20.3 Å². The maximum atomic E-state index is 12.6. The second-order valence-electron chi connectivity index (χ2n) is 6.58. The number of amides is 1. The molecule has 9 heteroatoms. The maximum absolute atomic E-state index is 12.6. The monoisotopic (exact) mass is 380 g/mol. The van der Waals surface area contributed by atoms with Gasteiger partial charge in [-0.25, -0.2) is 18.2 Å². The highest BCUT2D eigenvalue weighted by molar-refractivity contribution is 7.91. The van der Waals surface area contributed by atoms with Gasteiger partial charge in [0.25, 0.3) is 0 Å². The highest BCUT2D eigenvalue weighted by Gasteiger charge is 2.34. The van der Waals surface area contributed by atoms with E-state index in [9.17, 15) is 13.2 Å². The topological polar surface area (TPSA) is 76.6 Å². The van der Waals surface area contributed by atoms with Crippen molar-refractivity contribution in [3.8, 4) is 0 Å². The third-order valence-electron chi connectivity index (χ3n) is 3.41. The van der Waals surface area contributed by atoms with Crippen molar-refractivity contribution in [3.63, 3.8) is 0 Å². The molecule has 0 N–H and O–H groups in total. The number of carbonyl (C=O) groups excluding carboxylic acids is 1. The van der Waals surface area contributed by atoms with Crippen molar-refractivity contribution < 1.29 is 17.9 Å². The van der Waals surface area contributed by atoms with Gasteiger partial charge in [-0.2, -0.15) is 0 Å². The minimum Gasteiger partial charge on any atom is -0.444 e. The third kappa shape index (κ3) is 5.32. The van der Waals surface area contributed by atoms with Gasteiger partial charge in [-0.1, -0.05) is 11.6 Å². The molecule has 2 heterocycles. The number of aromatic nitrogens is 1. The van der Waals surface area contributed by atoms with Crippen LogP contribution in [0, 0.1) is 0 Å². The predicted octanol–water partition coefficient (Wildman–Crippen LogP) is 3.11. The molecule has 1 fully saturated rings. The lowest BCUT2D eigenvalue weighted by atomic mass is 10.1. The van der Waals surface area contributed by atoms with Crippen LogP contribution in [0.3, 0.4) is 0 Å². The largest absolute Gasteiger partial charge is 0.444 e. The molecule has 0 unspecified atom stereocenters. The van der Waals surface area contributed by atoms with Crippen molar-refractivity contribution in [3.05, 3.63) is 15.5 Å². The van der Waals surface area contributed by atoms with Crippen molar-refractivity contribution in [2.45, 2.75) is 50.2 Å². The molecule has 0 bridgehead atoms. The van der Waals surface area contributed by atoms with Crippen molar-refractivity contribution in [1.82, 2.24) is 9.88 Å². The first kappa shape index (κ1) is 18.5. The molecule has 1 saturated heterocycles. The highest BCUT2D eigenvalue weighted by Crippen LogP contribution is 2.25. The van der Waals surface area contributed by atoms with Crippen LogP contribution >= 0.6 is 22.9 Å². The first-order valence-electron chi connectivity index (χ1n) is 7.36. The second-order valence-corrected chi connectivity index (χ2v) is 10.6. The molecule has 0 aliphatic carbocycles. The molecular weight excluding hydrogens is 360 g/mol. The summed E-state index contributed by atoms with van der Waals surface area (Å²) in [7, 11) is -3.37. The smallest absolute Gasteiger partial charge is 0.410 e. The average Bonchev–Trinajstić information content (AvgIpc) is 2.81. The molecule has 0 spiro atoms. The maximum Gasteiger partial charge on any atom is 0.410 e. The lowest BCUT2D eigenvalue weighted by Gasteiger charge is -2.33. The number of carbonyl (C=O) groups is 1. The summed E-state index contributed by atoms with van der Waals surface area (Å²) in [5.41, 5.74) is -0.595. The molecule has 1 aromatic rings. The Balaban J connectivity index is 2.03. The lowest BCUT2D eigenvalue weighted by molar-refractivity contribution is 0.0219. The van der Waals surface area contributed by atoms with Crippen LogP contribution in [0.15, 0.2) is 6.20 Å². The summed E-state index contributed by atoms with van der Waals surface area (Å²) in [4.78, 5) is 18.1. The van der Waals surface area contributed by atoms with Gasteiger partial charge < -0.3 is 9.64 Å². The average molecular weight is 381 g/mol. The Morgan fingerprint density at radius 2 is 2.22 bits per heavy atom. The van der Waals surface area contributed by atoms with E-state index in [0.29, 0.717) is 28.7 Å². The van der Waals surface area contributed by atoms with E-state index in [1.165, 1.54) is 11.1 Å². The van der Waals surface area contributed by atoms with Crippen LogP contribution in [0.4, 0.5) is 4.79 Å². The molecule has 0 saturated carbocycles. The highest BCUT2D eigenvalue weighted by atomic mass is 35.5. The zero-order valence-electron chi connectivity index (χ0n) is 13.4. The number of rotatable bonds is 3. The molecule has 130 valence electrons. The SMILES string of the molecule is CC(C)(C)OC(=O)N1CCC[C@H](S(=O)(=O)Cc2cnc(Cl)s2)C1. The van der Waals surface area contributed by atoms with Gasteiger partial charge in [0.15, 0.2) is 14.3 Å². The fraction of sp³-hybridized carbons (Fsp3) is 0.714. The van der Waals surface area contributed by atoms with Crippen molar-refractivity contribution in [2.75, 3.05) is 13.1 Å². The van der Waals surface area contributed by atoms with Gasteiger partial charge >= 0.3 is 6.09 Å². The summed E-state index contributed by atoms with van der Waals surface area (Å²) >= 11 is 6.91. The Hall–Kier alpha value is -0.860. The molecule has 0 aromatic carbocycles. The van der Waals surface area contributed by atoms with E-state index >= 15 is 0 Å². The minimum absolute atomic E-state index is 0.0930. The first-order valence-corrected chi connectivity index (χ1v) is 10.3. The summed E-state index contributed by atoms with van der Waals surface area (Å²) in [6.07, 6.45) is 2.22. The number of thiazole rings is 1. The van der Waals surface area contributed by atoms with E-state index in [2.05, 4.69) is 4.98 Å². The fourth-order valence-corrected chi connectivity index (χ4v) is 5.53. The number of likely N-dealkylation sites (tertiary alicyclic amines) is 1. The van der Waals surface area contributed by atoms with Gasteiger partial charge in [-0.15, -0.1) is 11.3 Å². The second kappa shape index (κ2) is 6.94. The van der Waals surface area contributed by atoms with Crippen molar-refractivity contribution in [1.29, 1.82) is 0 Å². The van der Waals surface area contributed by atoms with Gasteiger partial charge in [-0.3, -0.25) is 0 Å². The van der Waals surface area contributed by atoms with E-state index in [1.54, 1.807) is 20.8 Å². The van der Waals surface area contributed by atoms with Crippen LogP contribution in [0.25, 0.3) is 0 Å². The molecule has 0 radical (unpaired) electrons. The van der Waals surface area contributed by atoms with Crippen LogP contribution in [0.5, 0.6) is 0 Å². The standard InChI is InChI=1S/C14H21ClN2O4S2/c1-14(2,3)21-13(18)17-6-4-5-11(8-17)23(19,20)9-10-7-16-12(15)22-10/h7,11H,4-6,8-9H2,1-3H3/t11-/m0/s1. The van der Waals surface area contributed by atoms with Gasteiger partial charge in [0, 0.05) is 24.2 Å². The molecular formula is C14H21ClN2O4S2. The molecule has 2 rings (SSSR count). The van der Waals surface area contributed by atoms with E-state index in [-0.39, 0.29) is 12.3 Å². The number of nitrogens with zero attached hydrogens (tertiary/aromatic N) is 2. The molecule has 23 heavy (non-hydrogen) atoms. The summed E-state index contributed by atoms with van der Waals surface area (Å²) in [5.74, 6) is -0.0930. The molecule has 1 amide bonds. The van der Waals surface area contributed by atoms with E-state index in [4.69, 9.17) is 16.3 Å². The first-order chi connectivity index (χ1) is 10.6. The number of hydrogen-bond donors (Lipinski definition) is 0. The molecule has 6 nitrogen and oxygen atoms in total. The summed E-state index contributed by atoms with van der Waals surface area (Å²) in [5, 5.41) is -0.579. The summed E-state index contributed by atoms with van der Waals surface area (Å²) in [6, 6.07) is 0. The van der Waals surface area contributed by atoms with Crippen LogP contribution in [-0.4, -0.2) is 48.3 Å². The van der Waals surface area contributed by atoms with Crippen LogP contribution in [0.2, 0.25) is 4.47 Å². The van der Waals surface area contributed by atoms with Crippen molar-refractivity contribution in [2.24, 2.45) is 0 Å². The zero-order chi connectivity index (χ0) is 17.3. The Labute approximate surface area is 145 Å². The number of piperidine rings is 1. The van der Waals surface area contributed by atoms with Gasteiger partial charge in [-0.05, 0) is 33.6 Å². The number of sulfone groups is 1. The molecule has 1 aliphatic heterocycles.